The van der Waals surface area contributed by atoms with Gasteiger partial charge in [-0.05, 0) is 48.4 Å². The summed E-state index contributed by atoms with van der Waals surface area (Å²) < 4.78 is 25.6. The summed E-state index contributed by atoms with van der Waals surface area (Å²) in [5.74, 6) is 0.862. The van der Waals surface area contributed by atoms with Crippen LogP contribution in [0.4, 0.5) is 5.82 Å². The van der Waals surface area contributed by atoms with E-state index >= 15 is 0 Å². The highest BCUT2D eigenvalue weighted by molar-refractivity contribution is 7.91. The third-order valence-electron chi connectivity index (χ3n) is 5.75. The Labute approximate surface area is 186 Å². The Kier molecular flexibility index (Phi) is 5.15. The number of nitrogens with one attached hydrogen (secondary N) is 2. The molecule has 0 radical (unpaired) electrons. The molecule has 4 aromatic rings. The summed E-state index contributed by atoms with van der Waals surface area (Å²) in [6.45, 7) is 4.19. The molecule has 0 amide bonds. The minimum atomic E-state index is -2.77. The lowest BCUT2D eigenvalue weighted by Gasteiger charge is -2.34. The highest BCUT2D eigenvalue weighted by atomic mass is 32.2. The quantitative estimate of drug-likeness (QED) is 0.489. The number of benzene rings is 1. The summed E-state index contributed by atoms with van der Waals surface area (Å²) in [4.78, 5) is 12.4. The number of H-pyrrole nitrogens is 1. The Morgan fingerprint density at radius 2 is 2.00 bits per heavy atom. The smallest absolute Gasteiger partial charge is 0.130 e. The molecule has 2 atom stereocenters. The minimum absolute atomic E-state index is 0.198. The average Bonchev–Trinajstić information content (AvgIpc) is 3.32. The fraction of sp³-hybridized carbons (Fsp3) is 0.261. The number of fused-ring (bicyclic) bond motifs is 1. The molecule has 1 aliphatic heterocycles. The van der Waals surface area contributed by atoms with E-state index in [1.807, 2.05) is 24.3 Å². The van der Waals surface area contributed by atoms with Gasteiger partial charge in [-0.25, -0.2) is 14.0 Å². The van der Waals surface area contributed by atoms with Gasteiger partial charge in [-0.15, -0.1) is 0 Å². The molecule has 0 aliphatic carbocycles. The molecule has 4 heterocycles. The van der Waals surface area contributed by atoms with Gasteiger partial charge in [-0.2, -0.15) is 5.10 Å². The lowest BCUT2D eigenvalue weighted by atomic mass is 10.00. The monoisotopic (exact) mass is 448 g/mol. The second-order valence-electron chi connectivity index (χ2n) is 8.04. The van der Waals surface area contributed by atoms with E-state index in [-0.39, 0.29) is 6.04 Å². The van der Waals surface area contributed by atoms with Crippen LogP contribution in [0.15, 0.2) is 59.8 Å². The first-order valence-electron chi connectivity index (χ1n) is 10.4. The van der Waals surface area contributed by atoms with Crippen LogP contribution in [0.25, 0.3) is 33.4 Å². The first-order chi connectivity index (χ1) is 15.4. The van der Waals surface area contributed by atoms with Gasteiger partial charge >= 0.3 is 0 Å². The largest absolute Gasteiger partial charge is 0.377 e. The van der Waals surface area contributed by atoms with Gasteiger partial charge in [0, 0.05) is 35.5 Å². The van der Waals surface area contributed by atoms with Gasteiger partial charge in [-0.3, -0.25) is 10.1 Å². The van der Waals surface area contributed by atoms with E-state index < -0.39 is 9.73 Å². The number of nitrogens with zero attached hydrogens (tertiary/aromatic N) is 4. The van der Waals surface area contributed by atoms with E-state index in [0.29, 0.717) is 18.1 Å². The van der Waals surface area contributed by atoms with Crippen LogP contribution in [-0.2, 0) is 14.5 Å². The van der Waals surface area contributed by atoms with Crippen LogP contribution in [0.5, 0.6) is 0 Å². The Morgan fingerprint density at radius 1 is 1.19 bits per heavy atom. The van der Waals surface area contributed by atoms with Gasteiger partial charge in [0.25, 0.3) is 0 Å². The molecule has 0 bridgehead atoms. The van der Waals surface area contributed by atoms with Crippen molar-refractivity contribution in [2.24, 2.45) is 0 Å². The first kappa shape index (κ1) is 20.6. The van der Waals surface area contributed by atoms with Crippen LogP contribution >= 0.6 is 0 Å². The van der Waals surface area contributed by atoms with Gasteiger partial charge in [0.05, 0.1) is 34.7 Å². The van der Waals surface area contributed by atoms with Crippen molar-refractivity contribution in [2.45, 2.75) is 17.9 Å². The highest BCUT2D eigenvalue weighted by Gasteiger charge is 2.23. The number of anilines is 1. The molecule has 2 N–H and O–H groups in total. The van der Waals surface area contributed by atoms with Crippen LogP contribution in [0.2, 0.25) is 0 Å². The number of aromatic nitrogens is 4. The molecule has 0 saturated carbocycles. The van der Waals surface area contributed by atoms with Crippen molar-refractivity contribution in [3.63, 3.8) is 0 Å². The van der Waals surface area contributed by atoms with Crippen molar-refractivity contribution >= 4 is 26.4 Å². The zero-order valence-corrected chi connectivity index (χ0v) is 18.7. The topological polar surface area (TPSA) is 108 Å². The summed E-state index contributed by atoms with van der Waals surface area (Å²) >= 11 is 0. The summed E-state index contributed by atoms with van der Waals surface area (Å²) in [6, 6.07) is 13.5. The fourth-order valence-electron chi connectivity index (χ4n) is 4.07. The molecule has 0 spiro atoms. The standard InChI is InChI=1S/C23H24N6O2S/c1-15-14-31-12-11-29(15)21-13-19(16-3-5-17(6-4-16)32(2,24)30)18-7-9-25-23(22(18)27-21)20-8-10-26-28-20/h3-10,13,15,24H,11-12,14H2,1-2H3,(H,26,28)/t15-,32?/m1/s1. The van der Waals surface area contributed by atoms with Gasteiger partial charge < -0.3 is 9.64 Å². The molecule has 1 aromatic carbocycles. The Hall–Kier alpha value is -3.30. The molecule has 1 fully saturated rings. The van der Waals surface area contributed by atoms with Crippen LogP contribution in [-0.4, -0.2) is 56.4 Å². The maximum Gasteiger partial charge on any atom is 0.130 e. The lowest BCUT2D eigenvalue weighted by Crippen LogP contribution is -2.44. The van der Waals surface area contributed by atoms with Crippen LogP contribution in [0.1, 0.15) is 6.92 Å². The van der Waals surface area contributed by atoms with Gasteiger partial charge in [0.2, 0.25) is 0 Å². The van der Waals surface area contributed by atoms with E-state index in [2.05, 4.69) is 33.1 Å². The van der Waals surface area contributed by atoms with Gasteiger partial charge in [0.15, 0.2) is 0 Å². The highest BCUT2D eigenvalue weighted by Crippen LogP contribution is 2.35. The number of pyridine rings is 2. The van der Waals surface area contributed by atoms with Crippen molar-refractivity contribution in [3.05, 3.63) is 54.9 Å². The van der Waals surface area contributed by atoms with Crippen molar-refractivity contribution in [2.75, 3.05) is 30.9 Å². The van der Waals surface area contributed by atoms with Crippen molar-refractivity contribution in [1.29, 1.82) is 4.78 Å². The molecule has 5 rings (SSSR count). The predicted octanol–water partition coefficient (Wildman–Crippen LogP) is 3.95. The van der Waals surface area contributed by atoms with Crippen molar-refractivity contribution in [3.8, 4) is 22.5 Å². The molecular weight excluding hydrogens is 424 g/mol. The summed E-state index contributed by atoms with van der Waals surface area (Å²) in [6.07, 6.45) is 4.91. The third-order valence-corrected chi connectivity index (χ3v) is 6.92. The molecule has 9 heteroatoms. The molecule has 164 valence electrons. The zero-order chi connectivity index (χ0) is 22.3. The van der Waals surface area contributed by atoms with Crippen LogP contribution in [0.3, 0.4) is 0 Å². The molecule has 32 heavy (non-hydrogen) atoms. The Morgan fingerprint density at radius 3 is 2.69 bits per heavy atom. The van der Waals surface area contributed by atoms with Crippen molar-refractivity contribution < 1.29 is 8.95 Å². The summed E-state index contributed by atoms with van der Waals surface area (Å²) in [7, 11) is -2.77. The van der Waals surface area contributed by atoms with Gasteiger partial charge in [-0.1, -0.05) is 12.1 Å². The van der Waals surface area contributed by atoms with Crippen molar-refractivity contribution in [1.82, 2.24) is 20.2 Å². The van der Waals surface area contributed by atoms with E-state index in [9.17, 15) is 4.21 Å². The Balaban J connectivity index is 1.75. The molecule has 1 unspecified atom stereocenters. The molecular formula is C23H24N6O2S. The molecule has 3 aromatic heterocycles. The van der Waals surface area contributed by atoms with E-state index in [0.717, 1.165) is 45.8 Å². The van der Waals surface area contributed by atoms with Gasteiger partial charge in [0.1, 0.15) is 17.0 Å². The predicted molar refractivity (Wildman–Crippen MR) is 125 cm³/mol. The van der Waals surface area contributed by atoms with E-state index in [1.165, 1.54) is 6.26 Å². The number of ether oxygens (including phenoxy) is 1. The normalized spacial score (nSPS) is 18.6. The molecule has 8 nitrogen and oxygen atoms in total. The molecule has 1 aliphatic rings. The van der Waals surface area contributed by atoms with E-state index in [1.54, 1.807) is 24.5 Å². The lowest BCUT2D eigenvalue weighted by molar-refractivity contribution is 0.0986. The second kappa shape index (κ2) is 7.99. The number of aromatic amines is 1. The van der Waals surface area contributed by atoms with Crippen LogP contribution < -0.4 is 4.90 Å². The number of rotatable bonds is 4. The maximum atomic E-state index is 12.1. The number of hydrogen-bond acceptors (Lipinski definition) is 7. The number of morpholine rings is 1. The summed E-state index contributed by atoms with van der Waals surface area (Å²) in [5.41, 5.74) is 4.30. The molecule has 1 saturated heterocycles. The average molecular weight is 449 g/mol. The first-order valence-corrected chi connectivity index (χ1v) is 12.4. The minimum Gasteiger partial charge on any atom is -0.377 e. The van der Waals surface area contributed by atoms with E-state index in [4.69, 9.17) is 14.5 Å². The summed E-state index contributed by atoms with van der Waals surface area (Å²) in [5, 5.41) is 8.04. The third kappa shape index (κ3) is 3.74. The zero-order valence-electron chi connectivity index (χ0n) is 17.9. The maximum absolute atomic E-state index is 12.1. The van der Waals surface area contributed by atoms with Crippen LogP contribution in [0, 0.1) is 4.78 Å². The second-order valence-corrected chi connectivity index (χ2v) is 10.2. The fourth-order valence-corrected chi connectivity index (χ4v) is 4.73. The number of hydrogen-bond donors (Lipinski definition) is 2. The Bertz CT molecular complexity index is 1370. The SMILES string of the molecule is C[C@@H]1COCCN1c1cc(-c2ccc(S(C)(=N)=O)cc2)c2ccnc(-c3ccn[nH]3)c2n1.